The molecule has 0 saturated carbocycles. The van der Waals surface area contributed by atoms with Crippen molar-refractivity contribution in [1.82, 2.24) is 10.0 Å². The zero-order chi connectivity index (χ0) is 16.0. The molecule has 2 N–H and O–H groups in total. The van der Waals surface area contributed by atoms with Crippen molar-refractivity contribution in [3.05, 3.63) is 28.8 Å². The second kappa shape index (κ2) is 8.13. The number of benzene rings is 1. The Balaban J connectivity index is 2.89. The third-order valence-corrected chi connectivity index (χ3v) is 5.27. The van der Waals surface area contributed by atoms with Crippen LogP contribution in [0.5, 0.6) is 0 Å². The summed E-state index contributed by atoms with van der Waals surface area (Å²) in [5.74, 6) is 0.555. The first kappa shape index (κ1) is 18.4. The molecule has 4 nitrogen and oxygen atoms in total. The summed E-state index contributed by atoms with van der Waals surface area (Å²) in [6.07, 6.45) is 1.79. The SMILES string of the molecule is CNCc1ccc(Cl)c(S(=O)(=O)NC(C)CCC(C)C)c1. The summed E-state index contributed by atoms with van der Waals surface area (Å²) >= 11 is 6.05. The maximum absolute atomic E-state index is 12.4. The molecule has 0 aliphatic rings. The van der Waals surface area contributed by atoms with Crippen LogP contribution in [0.1, 0.15) is 39.2 Å². The van der Waals surface area contributed by atoms with Crippen molar-refractivity contribution in [2.24, 2.45) is 5.92 Å². The average Bonchev–Trinajstić information content (AvgIpc) is 2.38. The molecule has 6 heteroatoms. The molecule has 0 aromatic heterocycles. The molecule has 1 atom stereocenters. The summed E-state index contributed by atoms with van der Waals surface area (Å²) in [6.45, 7) is 6.73. The van der Waals surface area contributed by atoms with E-state index in [-0.39, 0.29) is 16.0 Å². The standard InChI is InChI=1S/C15H25ClN2O2S/c1-11(2)5-6-12(3)18-21(19,20)15-9-13(10-17-4)7-8-14(15)16/h7-9,11-12,17-18H,5-6,10H2,1-4H3. The number of nitrogens with one attached hydrogen (secondary N) is 2. The number of rotatable bonds is 8. The van der Waals surface area contributed by atoms with Gasteiger partial charge < -0.3 is 5.32 Å². The fourth-order valence-corrected chi connectivity index (χ4v) is 3.87. The van der Waals surface area contributed by atoms with Gasteiger partial charge in [0.2, 0.25) is 10.0 Å². The van der Waals surface area contributed by atoms with Gasteiger partial charge >= 0.3 is 0 Å². The van der Waals surface area contributed by atoms with Crippen LogP contribution in [0.4, 0.5) is 0 Å². The van der Waals surface area contributed by atoms with Crippen LogP contribution in [0.15, 0.2) is 23.1 Å². The molecule has 1 unspecified atom stereocenters. The van der Waals surface area contributed by atoms with Crippen molar-refractivity contribution < 1.29 is 8.42 Å². The van der Waals surface area contributed by atoms with Gasteiger partial charge in [0.05, 0.1) is 5.02 Å². The zero-order valence-corrected chi connectivity index (χ0v) is 14.7. The lowest BCUT2D eigenvalue weighted by molar-refractivity contribution is 0.485. The Morgan fingerprint density at radius 3 is 2.43 bits per heavy atom. The van der Waals surface area contributed by atoms with E-state index in [1.165, 1.54) is 0 Å². The smallest absolute Gasteiger partial charge is 0.242 e. The Kier molecular flexibility index (Phi) is 7.13. The highest BCUT2D eigenvalue weighted by Gasteiger charge is 2.21. The molecule has 0 saturated heterocycles. The molecule has 21 heavy (non-hydrogen) atoms. The molecule has 0 spiro atoms. The molecule has 120 valence electrons. The maximum atomic E-state index is 12.4. The van der Waals surface area contributed by atoms with Crippen LogP contribution >= 0.6 is 11.6 Å². The van der Waals surface area contributed by atoms with Crippen molar-refractivity contribution in [2.75, 3.05) is 7.05 Å². The van der Waals surface area contributed by atoms with Crippen molar-refractivity contribution in [3.8, 4) is 0 Å². The van der Waals surface area contributed by atoms with Gasteiger partial charge in [0, 0.05) is 12.6 Å². The topological polar surface area (TPSA) is 58.2 Å². The molecular formula is C15H25ClN2O2S. The van der Waals surface area contributed by atoms with Crippen LogP contribution in [0.2, 0.25) is 5.02 Å². The Morgan fingerprint density at radius 2 is 1.86 bits per heavy atom. The quantitative estimate of drug-likeness (QED) is 0.768. The number of halogens is 1. The van der Waals surface area contributed by atoms with E-state index in [0.717, 1.165) is 18.4 Å². The van der Waals surface area contributed by atoms with Crippen molar-refractivity contribution in [1.29, 1.82) is 0 Å². The van der Waals surface area contributed by atoms with Crippen LogP contribution < -0.4 is 10.0 Å². The molecule has 0 aliphatic carbocycles. The molecule has 0 fully saturated rings. The van der Waals surface area contributed by atoms with Gasteiger partial charge in [0.25, 0.3) is 0 Å². The third kappa shape index (κ3) is 5.94. The Morgan fingerprint density at radius 1 is 1.19 bits per heavy atom. The van der Waals surface area contributed by atoms with E-state index in [1.807, 2.05) is 20.0 Å². The van der Waals surface area contributed by atoms with E-state index in [1.54, 1.807) is 12.1 Å². The minimum atomic E-state index is -3.59. The minimum absolute atomic E-state index is 0.110. The lowest BCUT2D eigenvalue weighted by Gasteiger charge is -2.16. The van der Waals surface area contributed by atoms with Crippen molar-refractivity contribution >= 4 is 21.6 Å². The molecule has 0 radical (unpaired) electrons. The van der Waals surface area contributed by atoms with E-state index in [4.69, 9.17) is 11.6 Å². The maximum Gasteiger partial charge on any atom is 0.242 e. The second-order valence-corrected chi connectivity index (χ2v) is 7.88. The Bertz CT molecular complexity index is 559. The van der Waals surface area contributed by atoms with Gasteiger partial charge in [-0.05, 0) is 50.4 Å². The van der Waals surface area contributed by atoms with Gasteiger partial charge in [0.1, 0.15) is 4.90 Å². The summed E-state index contributed by atoms with van der Waals surface area (Å²) in [5.41, 5.74) is 0.886. The third-order valence-electron chi connectivity index (χ3n) is 3.20. The van der Waals surface area contributed by atoms with Crippen LogP contribution in [0.3, 0.4) is 0 Å². The van der Waals surface area contributed by atoms with Crippen molar-refractivity contribution in [2.45, 2.75) is 51.1 Å². The number of sulfonamides is 1. The second-order valence-electron chi connectivity index (χ2n) is 5.79. The molecule has 1 aromatic carbocycles. The Labute approximate surface area is 133 Å². The molecule has 0 aliphatic heterocycles. The van der Waals surface area contributed by atoms with Crippen molar-refractivity contribution in [3.63, 3.8) is 0 Å². The van der Waals surface area contributed by atoms with E-state index >= 15 is 0 Å². The molecule has 0 bridgehead atoms. The van der Waals surface area contributed by atoms with E-state index < -0.39 is 10.0 Å². The molecule has 1 aromatic rings. The number of hydrogen-bond acceptors (Lipinski definition) is 3. The van der Waals surface area contributed by atoms with Gasteiger partial charge in [-0.2, -0.15) is 0 Å². The summed E-state index contributed by atoms with van der Waals surface area (Å²) in [7, 11) is -1.77. The average molecular weight is 333 g/mol. The first-order valence-corrected chi connectivity index (χ1v) is 9.07. The summed E-state index contributed by atoms with van der Waals surface area (Å²) < 4.78 is 27.6. The largest absolute Gasteiger partial charge is 0.316 e. The molecule has 1 rings (SSSR count). The monoisotopic (exact) mass is 332 g/mol. The fraction of sp³-hybridized carbons (Fsp3) is 0.600. The van der Waals surface area contributed by atoms with E-state index in [0.29, 0.717) is 12.5 Å². The summed E-state index contributed by atoms with van der Waals surface area (Å²) in [4.78, 5) is 0.147. The zero-order valence-electron chi connectivity index (χ0n) is 13.1. The lowest BCUT2D eigenvalue weighted by Crippen LogP contribution is -2.33. The van der Waals surface area contributed by atoms with Gasteiger partial charge in [0.15, 0.2) is 0 Å². The fourth-order valence-electron chi connectivity index (χ4n) is 2.04. The van der Waals surface area contributed by atoms with Crippen LogP contribution in [0, 0.1) is 5.92 Å². The van der Waals surface area contributed by atoms with Crippen LogP contribution in [-0.2, 0) is 16.6 Å². The van der Waals surface area contributed by atoms with Gasteiger partial charge in [-0.25, -0.2) is 13.1 Å². The predicted molar refractivity (Wildman–Crippen MR) is 88.1 cm³/mol. The lowest BCUT2D eigenvalue weighted by atomic mass is 10.1. The first-order chi connectivity index (χ1) is 9.76. The normalized spacial score (nSPS) is 13.6. The van der Waals surface area contributed by atoms with Crippen LogP contribution in [-0.4, -0.2) is 21.5 Å². The molecule has 0 heterocycles. The highest BCUT2D eigenvalue weighted by atomic mass is 35.5. The number of hydrogen-bond donors (Lipinski definition) is 2. The minimum Gasteiger partial charge on any atom is -0.316 e. The Hall–Kier alpha value is -0.620. The van der Waals surface area contributed by atoms with E-state index in [2.05, 4.69) is 23.9 Å². The summed E-state index contributed by atoms with van der Waals surface area (Å²) in [6, 6.07) is 4.96. The van der Waals surface area contributed by atoms with Gasteiger partial charge in [-0.1, -0.05) is 31.5 Å². The molecular weight excluding hydrogens is 308 g/mol. The molecule has 0 amide bonds. The highest BCUT2D eigenvalue weighted by Crippen LogP contribution is 2.23. The van der Waals surface area contributed by atoms with Gasteiger partial charge in [-0.3, -0.25) is 0 Å². The van der Waals surface area contributed by atoms with E-state index in [9.17, 15) is 8.42 Å². The van der Waals surface area contributed by atoms with Crippen LogP contribution in [0.25, 0.3) is 0 Å². The summed E-state index contributed by atoms with van der Waals surface area (Å²) in [5, 5.41) is 3.25. The van der Waals surface area contributed by atoms with Gasteiger partial charge in [-0.15, -0.1) is 0 Å². The highest BCUT2D eigenvalue weighted by molar-refractivity contribution is 7.89. The first-order valence-electron chi connectivity index (χ1n) is 7.21. The predicted octanol–water partition coefficient (Wildman–Crippen LogP) is 3.16.